The minimum absolute atomic E-state index is 0.238. The molecule has 6 nitrogen and oxygen atoms in total. The molecule has 0 radical (unpaired) electrons. The van der Waals surface area contributed by atoms with Gasteiger partial charge >= 0.3 is 0 Å². The summed E-state index contributed by atoms with van der Waals surface area (Å²) in [5.41, 5.74) is 1.39. The number of nitrogens with one attached hydrogen (secondary N) is 1. The molecule has 3 aliphatic heterocycles. The van der Waals surface area contributed by atoms with Gasteiger partial charge in [0.2, 0.25) is 0 Å². The second kappa shape index (κ2) is 9.72. The van der Waals surface area contributed by atoms with Crippen LogP contribution < -0.4 is 5.32 Å². The molecule has 4 rings (SSSR count). The smallest absolute Gasteiger partial charge is 0.194 e. The van der Waals surface area contributed by atoms with Gasteiger partial charge in [-0.25, -0.2) is 0 Å². The second-order valence-electron chi connectivity index (χ2n) is 8.19. The largest absolute Gasteiger partial charge is 0.373 e. The third kappa shape index (κ3) is 5.04. The summed E-state index contributed by atoms with van der Waals surface area (Å²) in [5, 5.41) is 3.49. The van der Waals surface area contributed by atoms with E-state index < -0.39 is 0 Å². The number of hydrogen-bond acceptors (Lipinski definition) is 4. The zero-order valence-corrected chi connectivity index (χ0v) is 17.2. The van der Waals surface area contributed by atoms with E-state index in [-0.39, 0.29) is 6.10 Å². The summed E-state index contributed by atoms with van der Waals surface area (Å²) in [7, 11) is 0. The summed E-state index contributed by atoms with van der Waals surface area (Å²) >= 11 is 0. The van der Waals surface area contributed by atoms with Crippen molar-refractivity contribution in [3.05, 3.63) is 35.9 Å². The van der Waals surface area contributed by atoms with Gasteiger partial charge in [-0.2, -0.15) is 0 Å². The van der Waals surface area contributed by atoms with E-state index >= 15 is 0 Å². The van der Waals surface area contributed by atoms with E-state index in [2.05, 4.69) is 57.3 Å². The maximum atomic E-state index is 6.09. The number of benzene rings is 1. The molecule has 6 heteroatoms. The quantitative estimate of drug-likeness (QED) is 0.617. The molecule has 0 saturated carbocycles. The van der Waals surface area contributed by atoms with E-state index in [0.29, 0.717) is 6.04 Å². The lowest BCUT2D eigenvalue weighted by atomic mass is 10.2. The number of aliphatic imine (C=N–C) groups is 1. The zero-order chi connectivity index (χ0) is 19.2. The second-order valence-corrected chi connectivity index (χ2v) is 8.19. The molecule has 28 heavy (non-hydrogen) atoms. The molecule has 3 saturated heterocycles. The molecule has 3 heterocycles. The van der Waals surface area contributed by atoms with Crippen molar-refractivity contribution < 1.29 is 4.74 Å². The Morgan fingerprint density at radius 2 is 1.96 bits per heavy atom. The number of hydrogen-bond donors (Lipinski definition) is 1. The van der Waals surface area contributed by atoms with Gasteiger partial charge in [-0.05, 0) is 31.9 Å². The molecule has 154 valence electrons. The highest BCUT2D eigenvalue weighted by Crippen LogP contribution is 2.22. The Balaban J connectivity index is 1.27. The van der Waals surface area contributed by atoms with Crippen LogP contribution in [0, 0.1) is 0 Å². The lowest BCUT2D eigenvalue weighted by Crippen LogP contribution is -2.52. The molecule has 2 unspecified atom stereocenters. The predicted octanol–water partition coefficient (Wildman–Crippen LogP) is 1.63. The first-order valence-electron chi connectivity index (χ1n) is 11.0. The molecule has 1 aromatic carbocycles. The summed E-state index contributed by atoms with van der Waals surface area (Å²) in [6.07, 6.45) is 2.86. The number of rotatable bonds is 5. The van der Waals surface area contributed by atoms with E-state index in [0.717, 1.165) is 64.9 Å². The van der Waals surface area contributed by atoms with Gasteiger partial charge in [0.1, 0.15) is 0 Å². The average Bonchev–Trinajstić information content (AvgIpc) is 3.20. The number of nitrogens with zero attached hydrogens (tertiary/aromatic N) is 4. The summed E-state index contributed by atoms with van der Waals surface area (Å²) in [4.78, 5) is 12.5. The van der Waals surface area contributed by atoms with Crippen LogP contribution in [-0.4, -0.2) is 91.8 Å². The van der Waals surface area contributed by atoms with Gasteiger partial charge in [-0.15, -0.1) is 0 Å². The highest BCUT2D eigenvalue weighted by molar-refractivity contribution is 5.80. The zero-order valence-electron chi connectivity index (χ0n) is 17.2. The van der Waals surface area contributed by atoms with Gasteiger partial charge in [0.15, 0.2) is 5.96 Å². The lowest BCUT2D eigenvalue weighted by molar-refractivity contribution is -0.0433. The fourth-order valence-corrected chi connectivity index (χ4v) is 4.57. The van der Waals surface area contributed by atoms with Crippen molar-refractivity contribution in [1.82, 2.24) is 20.0 Å². The Kier molecular flexibility index (Phi) is 6.83. The van der Waals surface area contributed by atoms with Crippen LogP contribution >= 0.6 is 0 Å². The summed E-state index contributed by atoms with van der Waals surface area (Å²) in [5.74, 6) is 1.05. The summed E-state index contributed by atoms with van der Waals surface area (Å²) < 4.78 is 6.09. The topological polar surface area (TPSA) is 43.3 Å². The van der Waals surface area contributed by atoms with Gasteiger partial charge in [0.05, 0.1) is 19.3 Å². The number of fused-ring (bicyclic) bond motifs is 1. The van der Waals surface area contributed by atoms with Gasteiger partial charge < -0.3 is 15.0 Å². The number of piperazine rings is 1. The molecule has 3 fully saturated rings. The lowest BCUT2D eigenvalue weighted by Gasteiger charge is -2.37. The fourth-order valence-electron chi connectivity index (χ4n) is 4.57. The molecule has 0 amide bonds. The SMILES string of the molecule is CCNC(=NCC1CN2CCCC2CO1)N1CCN(Cc2ccccc2)CC1. The van der Waals surface area contributed by atoms with E-state index in [1.165, 1.54) is 24.9 Å². The Morgan fingerprint density at radius 3 is 2.75 bits per heavy atom. The first kappa shape index (κ1) is 19.7. The van der Waals surface area contributed by atoms with Gasteiger partial charge in [-0.3, -0.25) is 14.8 Å². The van der Waals surface area contributed by atoms with Crippen LogP contribution in [0.25, 0.3) is 0 Å². The van der Waals surface area contributed by atoms with Crippen molar-refractivity contribution in [2.75, 3.05) is 59.0 Å². The van der Waals surface area contributed by atoms with Crippen LogP contribution in [-0.2, 0) is 11.3 Å². The van der Waals surface area contributed by atoms with Gasteiger partial charge in [-0.1, -0.05) is 30.3 Å². The number of ether oxygens (including phenoxy) is 1. The summed E-state index contributed by atoms with van der Waals surface area (Å²) in [6, 6.07) is 11.4. The standard InChI is InChI=1S/C22H35N5O/c1-2-23-22(24-15-21-17-27-10-6-9-20(27)18-28-21)26-13-11-25(12-14-26)16-19-7-4-3-5-8-19/h3-5,7-8,20-21H,2,6,9-18H2,1H3,(H,23,24). The van der Waals surface area contributed by atoms with Crippen molar-refractivity contribution in [3.8, 4) is 0 Å². The van der Waals surface area contributed by atoms with Crippen LogP contribution in [0.3, 0.4) is 0 Å². The van der Waals surface area contributed by atoms with Crippen LogP contribution in [0.2, 0.25) is 0 Å². The maximum absolute atomic E-state index is 6.09. The molecule has 0 aliphatic carbocycles. The van der Waals surface area contributed by atoms with Crippen molar-refractivity contribution in [2.45, 2.75) is 38.5 Å². The third-order valence-corrected chi connectivity index (χ3v) is 6.16. The normalized spacial score (nSPS) is 27.0. The van der Waals surface area contributed by atoms with E-state index in [9.17, 15) is 0 Å². The van der Waals surface area contributed by atoms with Crippen LogP contribution in [0.4, 0.5) is 0 Å². The van der Waals surface area contributed by atoms with E-state index in [4.69, 9.17) is 9.73 Å². The van der Waals surface area contributed by atoms with E-state index in [1.54, 1.807) is 0 Å². The molecule has 1 aromatic rings. The fraction of sp³-hybridized carbons (Fsp3) is 0.682. The van der Waals surface area contributed by atoms with Crippen LogP contribution in [0.5, 0.6) is 0 Å². The number of morpholine rings is 1. The third-order valence-electron chi connectivity index (χ3n) is 6.16. The first-order chi connectivity index (χ1) is 13.8. The van der Waals surface area contributed by atoms with Crippen LogP contribution in [0.15, 0.2) is 35.3 Å². The minimum Gasteiger partial charge on any atom is -0.373 e. The molecule has 2 atom stereocenters. The van der Waals surface area contributed by atoms with Crippen LogP contribution in [0.1, 0.15) is 25.3 Å². The monoisotopic (exact) mass is 385 g/mol. The minimum atomic E-state index is 0.238. The van der Waals surface area contributed by atoms with Gasteiger partial charge in [0.25, 0.3) is 0 Å². The molecule has 3 aliphatic rings. The van der Waals surface area contributed by atoms with Crippen molar-refractivity contribution >= 4 is 5.96 Å². The Bertz CT molecular complexity index is 629. The van der Waals surface area contributed by atoms with E-state index in [1.807, 2.05) is 0 Å². The average molecular weight is 386 g/mol. The Hall–Kier alpha value is -1.63. The van der Waals surface area contributed by atoms with Crippen molar-refractivity contribution in [1.29, 1.82) is 0 Å². The highest BCUT2D eigenvalue weighted by Gasteiger charge is 2.32. The summed E-state index contributed by atoms with van der Waals surface area (Å²) in [6.45, 7) is 12.2. The molecule has 0 bridgehead atoms. The van der Waals surface area contributed by atoms with Gasteiger partial charge in [0, 0.05) is 51.9 Å². The highest BCUT2D eigenvalue weighted by atomic mass is 16.5. The molecular formula is C22H35N5O. The predicted molar refractivity (Wildman–Crippen MR) is 114 cm³/mol. The van der Waals surface area contributed by atoms with Crippen molar-refractivity contribution in [2.24, 2.45) is 4.99 Å². The molecule has 0 aromatic heterocycles. The first-order valence-corrected chi connectivity index (χ1v) is 11.0. The molecule has 1 N–H and O–H groups in total. The van der Waals surface area contributed by atoms with Crippen molar-refractivity contribution in [3.63, 3.8) is 0 Å². The number of guanidine groups is 1. The Morgan fingerprint density at radius 1 is 1.14 bits per heavy atom. The molecular weight excluding hydrogens is 350 g/mol. The molecule has 0 spiro atoms. The Labute approximate surface area is 169 Å². The maximum Gasteiger partial charge on any atom is 0.194 e.